The van der Waals surface area contributed by atoms with Gasteiger partial charge in [-0.15, -0.1) is 11.8 Å². The highest BCUT2D eigenvalue weighted by molar-refractivity contribution is 8.00. The number of hydrogen-bond donors (Lipinski definition) is 0. The number of benzene rings is 5. The minimum absolute atomic E-state index is 0.465. The fourth-order valence-corrected chi connectivity index (χ4v) is 8.08. The van der Waals surface area contributed by atoms with Crippen LogP contribution in [0, 0.1) is 0 Å². The summed E-state index contributed by atoms with van der Waals surface area (Å²) in [7, 11) is 0. The van der Waals surface area contributed by atoms with Crippen molar-refractivity contribution in [3.63, 3.8) is 0 Å². The van der Waals surface area contributed by atoms with Crippen molar-refractivity contribution in [3.05, 3.63) is 151 Å². The van der Waals surface area contributed by atoms with Crippen LogP contribution in [0.3, 0.4) is 0 Å². The Morgan fingerprint density at radius 1 is 0.595 bits per heavy atom. The lowest BCUT2D eigenvalue weighted by molar-refractivity contribution is 0.881. The second-order valence-electron chi connectivity index (χ2n) is 11.2. The molecule has 1 aliphatic carbocycles. The number of nitrogens with zero attached hydrogens (tertiary/aromatic N) is 2. The molecule has 3 heteroatoms. The van der Waals surface area contributed by atoms with Crippen molar-refractivity contribution in [2.24, 2.45) is 0 Å². The molecule has 7 aromatic rings. The summed E-state index contributed by atoms with van der Waals surface area (Å²) in [6.07, 6.45) is 11.1. The monoisotopic (exact) mass is 554 g/mol. The predicted molar refractivity (Wildman–Crippen MR) is 178 cm³/mol. The Bertz CT molecular complexity index is 2240. The zero-order valence-electron chi connectivity index (χ0n) is 22.8. The van der Waals surface area contributed by atoms with Gasteiger partial charge in [0.2, 0.25) is 0 Å². The van der Waals surface area contributed by atoms with Gasteiger partial charge in [0.15, 0.2) is 0 Å². The first-order valence-electron chi connectivity index (χ1n) is 14.5. The highest BCUT2D eigenvalue weighted by Crippen LogP contribution is 2.49. The standard InChI is InChI=1S/C39H26N2S/c1-2-11-29(12-3-1)41-36-19-17-27(22-32(36)34-24-40-35-15-6-4-14-31(35)39(34)41)25-9-8-10-26(21-25)28-18-20-38-33(23-28)30-13-5-7-16-37(30)42-38/h1-24,30,37H. The molecule has 2 nitrogen and oxygen atoms in total. The molecule has 198 valence electrons. The van der Waals surface area contributed by atoms with Crippen LogP contribution in [-0.4, -0.2) is 14.8 Å². The van der Waals surface area contributed by atoms with Crippen LogP contribution in [0.15, 0.2) is 151 Å². The van der Waals surface area contributed by atoms with E-state index in [1.807, 2.05) is 18.0 Å². The third-order valence-corrected chi connectivity index (χ3v) is 10.1. The van der Waals surface area contributed by atoms with Gasteiger partial charge >= 0.3 is 0 Å². The van der Waals surface area contributed by atoms with Crippen LogP contribution in [0.25, 0.3) is 60.6 Å². The third-order valence-electron chi connectivity index (χ3n) is 8.76. The van der Waals surface area contributed by atoms with E-state index in [4.69, 9.17) is 4.98 Å². The Hall–Kier alpha value is -4.86. The zero-order chi connectivity index (χ0) is 27.6. The summed E-state index contributed by atoms with van der Waals surface area (Å²) in [5, 5.41) is 4.07. The van der Waals surface area contributed by atoms with Gasteiger partial charge in [-0.25, -0.2) is 0 Å². The molecular formula is C39H26N2S. The number of rotatable bonds is 3. The van der Waals surface area contributed by atoms with Crippen LogP contribution in [0.1, 0.15) is 11.5 Å². The molecule has 9 rings (SSSR count). The molecule has 0 saturated heterocycles. The highest BCUT2D eigenvalue weighted by Gasteiger charge is 2.31. The maximum Gasteiger partial charge on any atom is 0.0723 e. The van der Waals surface area contributed by atoms with E-state index in [0.717, 1.165) is 11.2 Å². The van der Waals surface area contributed by atoms with E-state index in [1.54, 1.807) is 0 Å². The Balaban J connectivity index is 1.20. The Kier molecular flexibility index (Phi) is 5.29. The molecule has 0 saturated carbocycles. The van der Waals surface area contributed by atoms with Crippen molar-refractivity contribution >= 4 is 44.5 Å². The van der Waals surface area contributed by atoms with E-state index in [2.05, 4.69) is 144 Å². The summed E-state index contributed by atoms with van der Waals surface area (Å²) in [4.78, 5) is 6.26. The lowest BCUT2D eigenvalue weighted by Gasteiger charge is -2.15. The number of fused-ring (bicyclic) bond motifs is 8. The minimum atomic E-state index is 0.465. The van der Waals surface area contributed by atoms with Crippen LogP contribution in [0.5, 0.6) is 0 Å². The van der Waals surface area contributed by atoms with Crippen LogP contribution >= 0.6 is 11.8 Å². The number of aromatic nitrogens is 2. The topological polar surface area (TPSA) is 17.8 Å². The van der Waals surface area contributed by atoms with Crippen molar-refractivity contribution in [1.82, 2.24) is 9.55 Å². The number of hydrogen-bond acceptors (Lipinski definition) is 2. The van der Waals surface area contributed by atoms with Crippen molar-refractivity contribution in [1.29, 1.82) is 0 Å². The van der Waals surface area contributed by atoms with Crippen LogP contribution in [-0.2, 0) is 0 Å². The number of pyridine rings is 1. The lowest BCUT2D eigenvalue weighted by Crippen LogP contribution is -2.06. The van der Waals surface area contributed by atoms with E-state index in [0.29, 0.717) is 11.2 Å². The van der Waals surface area contributed by atoms with Gasteiger partial charge in [-0.2, -0.15) is 0 Å². The number of para-hydroxylation sites is 2. The number of thioether (sulfide) groups is 1. The molecule has 5 aromatic carbocycles. The summed E-state index contributed by atoms with van der Waals surface area (Å²) in [5.41, 5.74) is 11.0. The molecular weight excluding hydrogens is 529 g/mol. The first-order chi connectivity index (χ1) is 20.8. The molecule has 0 bridgehead atoms. The molecule has 0 radical (unpaired) electrons. The van der Waals surface area contributed by atoms with Crippen molar-refractivity contribution in [2.45, 2.75) is 16.1 Å². The second-order valence-corrected chi connectivity index (χ2v) is 12.4. The average molecular weight is 555 g/mol. The molecule has 1 aliphatic heterocycles. The predicted octanol–water partition coefficient (Wildman–Crippen LogP) is 10.3. The smallest absolute Gasteiger partial charge is 0.0723 e. The maximum atomic E-state index is 4.86. The number of allylic oxidation sites excluding steroid dienone is 3. The molecule has 0 N–H and O–H groups in total. The zero-order valence-corrected chi connectivity index (χ0v) is 23.6. The molecule has 0 spiro atoms. The van der Waals surface area contributed by atoms with Gasteiger partial charge in [-0.3, -0.25) is 4.98 Å². The quantitative estimate of drug-likeness (QED) is 0.216. The Morgan fingerprint density at radius 3 is 2.26 bits per heavy atom. The van der Waals surface area contributed by atoms with E-state index >= 15 is 0 Å². The molecule has 0 amide bonds. The normalized spacial score (nSPS) is 17.2. The van der Waals surface area contributed by atoms with Gasteiger partial charge in [0, 0.05) is 44.1 Å². The van der Waals surface area contributed by atoms with Crippen molar-refractivity contribution in [3.8, 4) is 27.9 Å². The first-order valence-corrected chi connectivity index (χ1v) is 15.3. The maximum absolute atomic E-state index is 4.86. The molecule has 3 heterocycles. The van der Waals surface area contributed by atoms with Gasteiger partial charge in [0.1, 0.15) is 0 Å². The Labute approximate surface area is 248 Å². The van der Waals surface area contributed by atoms with Crippen LogP contribution in [0.2, 0.25) is 0 Å². The second kappa shape index (κ2) is 9.34. The molecule has 2 unspecified atom stereocenters. The molecule has 2 atom stereocenters. The molecule has 2 aliphatic rings. The van der Waals surface area contributed by atoms with Gasteiger partial charge < -0.3 is 4.57 Å². The van der Waals surface area contributed by atoms with Crippen molar-refractivity contribution in [2.75, 3.05) is 0 Å². The SMILES string of the molecule is C1=CC2Sc3ccc(-c4cccc(-c5ccc6c(c5)c5cnc7ccccc7c5n6-c5ccccc5)c4)cc3C2C=C1. The van der Waals surface area contributed by atoms with Gasteiger partial charge in [-0.1, -0.05) is 91.0 Å². The molecule has 42 heavy (non-hydrogen) atoms. The Morgan fingerprint density at radius 2 is 1.36 bits per heavy atom. The fraction of sp³-hybridized carbons (Fsp3) is 0.0513. The molecule has 0 fully saturated rings. The van der Waals surface area contributed by atoms with Gasteiger partial charge in [-0.05, 0) is 76.3 Å². The largest absolute Gasteiger partial charge is 0.309 e. The minimum Gasteiger partial charge on any atom is -0.309 e. The van der Waals surface area contributed by atoms with E-state index in [-0.39, 0.29) is 0 Å². The highest BCUT2D eigenvalue weighted by atomic mass is 32.2. The summed E-state index contributed by atoms with van der Waals surface area (Å²) in [5.74, 6) is 0.465. The van der Waals surface area contributed by atoms with E-state index < -0.39 is 0 Å². The average Bonchev–Trinajstić information content (AvgIpc) is 3.60. The van der Waals surface area contributed by atoms with Crippen LogP contribution < -0.4 is 0 Å². The third kappa shape index (κ3) is 3.64. The lowest BCUT2D eigenvalue weighted by atomic mass is 9.90. The summed E-state index contributed by atoms with van der Waals surface area (Å²) in [6, 6.07) is 41.9. The molecule has 2 aromatic heterocycles. The summed E-state index contributed by atoms with van der Waals surface area (Å²) in [6.45, 7) is 0. The first kappa shape index (κ1) is 23.8. The van der Waals surface area contributed by atoms with E-state index in [9.17, 15) is 0 Å². The fourth-order valence-electron chi connectivity index (χ4n) is 6.76. The van der Waals surface area contributed by atoms with Gasteiger partial charge in [0.25, 0.3) is 0 Å². The van der Waals surface area contributed by atoms with Gasteiger partial charge in [0.05, 0.1) is 16.6 Å². The summed E-state index contributed by atoms with van der Waals surface area (Å²) < 4.78 is 2.39. The van der Waals surface area contributed by atoms with E-state index in [1.165, 1.54) is 59.9 Å². The van der Waals surface area contributed by atoms with Crippen LogP contribution in [0.4, 0.5) is 0 Å². The summed E-state index contributed by atoms with van der Waals surface area (Å²) >= 11 is 1.98. The van der Waals surface area contributed by atoms with Crippen molar-refractivity contribution < 1.29 is 0 Å².